The molecular weight excluding hydrogens is 178 g/mol. The second-order valence-electron chi connectivity index (χ2n) is 3.47. The van der Waals surface area contributed by atoms with Crippen LogP contribution in [0.1, 0.15) is 24.2 Å². The zero-order chi connectivity index (χ0) is 10.4. The average molecular weight is 193 g/mol. The molecule has 1 heterocycles. The Morgan fingerprint density at radius 3 is 2.93 bits per heavy atom. The largest absolute Gasteiger partial charge is 0.287 e. The number of aromatic nitrogens is 1. The molecule has 0 aliphatic carbocycles. The Kier molecular flexibility index (Phi) is 4.07. The van der Waals surface area contributed by atoms with Crippen LogP contribution in [0.25, 0.3) is 0 Å². The molecule has 0 spiro atoms. The molecule has 1 amide bonds. The summed E-state index contributed by atoms with van der Waals surface area (Å²) < 4.78 is 0. The van der Waals surface area contributed by atoms with Crippen molar-refractivity contribution in [1.82, 2.24) is 15.8 Å². The van der Waals surface area contributed by atoms with E-state index < -0.39 is 0 Å². The van der Waals surface area contributed by atoms with Gasteiger partial charge in [0.1, 0.15) is 0 Å². The van der Waals surface area contributed by atoms with Gasteiger partial charge < -0.3 is 0 Å². The van der Waals surface area contributed by atoms with Crippen LogP contribution in [0.4, 0.5) is 0 Å². The van der Waals surface area contributed by atoms with E-state index in [0.29, 0.717) is 11.5 Å². The molecule has 1 aromatic heterocycles. The van der Waals surface area contributed by atoms with Gasteiger partial charge in [-0.1, -0.05) is 13.8 Å². The standard InChI is InChI=1S/C10H15N3O/c1-8(2)6-12-13-10(14)9-4-3-5-11-7-9/h3-5,7-8,12H,6H2,1-2H3,(H,13,14). The van der Waals surface area contributed by atoms with Gasteiger partial charge >= 0.3 is 0 Å². The van der Waals surface area contributed by atoms with Gasteiger partial charge in [-0.3, -0.25) is 15.2 Å². The van der Waals surface area contributed by atoms with E-state index in [4.69, 9.17) is 0 Å². The summed E-state index contributed by atoms with van der Waals surface area (Å²) in [5.74, 6) is 0.350. The van der Waals surface area contributed by atoms with Crippen LogP contribution in [0.5, 0.6) is 0 Å². The number of hydrogen-bond acceptors (Lipinski definition) is 3. The lowest BCUT2D eigenvalue weighted by Gasteiger charge is -2.08. The molecule has 0 atom stereocenters. The molecule has 0 aliphatic rings. The van der Waals surface area contributed by atoms with Gasteiger partial charge in [0.2, 0.25) is 0 Å². The summed E-state index contributed by atoms with van der Waals surface area (Å²) in [7, 11) is 0. The molecule has 1 rings (SSSR count). The molecule has 4 nitrogen and oxygen atoms in total. The van der Waals surface area contributed by atoms with E-state index in [0.717, 1.165) is 6.54 Å². The summed E-state index contributed by atoms with van der Waals surface area (Å²) in [5.41, 5.74) is 6.02. The number of carbonyl (C=O) groups is 1. The number of pyridine rings is 1. The molecule has 4 heteroatoms. The summed E-state index contributed by atoms with van der Waals surface area (Å²) >= 11 is 0. The van der Waals surface area contributed by atoms with Gasteiger partial charge in [0, 0.05) is 18.9 Å². The van der Waals surface area contributed by atoms with Crippen LogP contribution in [0, 0.1) is 5.92 Å². The molecule has 1 aromatic rings. The topological polar surface area (TPSA) is 54.0 Å². The molecule has 2 N–H and O–H groups in total. The van der Waals surface area contributed by atoms with Gasteiger partial charge in [0.05, 0.1) is 5.56 Å². The lowest BCUT2D eigenvalue weighted by molar-refractivity contribution is 0.0931. The Hall–Kier alpha value is -1.42. The molecule has 76 valence electrons. The lowest BCUT2D eigenvalue weighted by atomic mass is 10.2. The first-order valence-corrected chi connectivity index (χ1v) is 4.63. The minimum absolute atomic E-state index is 0.154. The average Bonchev–Trinajstić information content (AvgIpc) is 2.18. The Bertz CT molecular complexity index is 285. The van der Waals surface area contributed by atoms with Gasteiger partial charge in [0.25, 0.3) is 5.91 Å². The molecule has 0 unspecified atom stereocenters. The van der Waals surface area contributed by atoms with Crippen molar-refractivity contribution in [3.8, 4) is 0 Å². The van der Waals surface area contributed by atoms with E-state index in [9.17, 15) is 4.79 Å². The van der Waals surface area contributed by atoms with Crippen molar-refractivity contribution in [2.24, 2.45) is 5.92 Å². The van der Waals surface area contributed by atoms with E-state index in [2.05, 4.69) is 29.7 Å². The van der Waals surface area contributed by atoms with Crippen molar-refractivity contribution < 1.29 is 4.79 Å². The molecular formula is C10H15N3O. The highest BCUT2D eigenvalue weighted by atomic mass is 16.2. The van der Waals surface area contributed by atoms with Crippen LogP contribution in [0.3, 0.4) is 0 Å². The number of amides is 1. The lowest BCUT2D eigenvalue weighted by Crippen LogP contribution is -2.39. The molecule has 0 fully saturated rings. The SMILES string of the molecule is CC(C)CNNC(=O)c1cccnc1. The number of carbonyl (C=O) groups excluding carboxylic acids is 1. The predicted octanol–water partition coefficient (Wildman–Crippen LogP) is 0.972. The minimum atomic E-state index is -0.154. The van der Waals surface area contributed by atoms with Crippen LogP contribution >= 0.6 is 0 Å². The second kappa shape index (κ2) is 5.34. The van der Waals surface area contributed by atoms with Gasteiger partial charge in [-0.15, -0.1) is 0 Å². The monoisotopic (exact) mass is 193 g/mol. The number of hydrogen-bond donors (Lipinski definition) is 2. The third-order valence-electron chi connectivity index (χ3n) is 1.64. The Labute approximate surface area is 83.7 Å². The van der Waals surface area contributed by atoms with E-state index >= 15 is 0 Å². The maximum atomic E-state index is 11.4. The van der Waals surface area contributed by atoms with Crippen LogP contribution in [-0.2, 0) is 0 Å². The van der Waals surface area contributed by atoms with E-state index in [1.54, 1.807) is 18.3 Å². The van der Waals surface area contributed by atoms with Crippen molar-refractivity contribution >= 4 is 5.91 Å². The highest BCUT2D eigenvalue weighted by Gasteiger charge is 2.03. The third-order valence-corrected chi connectivity index (χ3v) is 1.64. The zero-order valence-corrected chi connectivity index (χ0v) is 8.45. The molecule has 0 aromatic carbocycles. The molecule has 0 aliphatic heterocycles. The second-order valence-corrected chi connectivity index (χ2v) is 3.47. The Balaban J connectivity index is 2.36. The number of rotatable bonds is 4. The van der Waals surface area contributed by atoms with E-state index in [1.807, 2.05) is 0 Å². The van der Waals surface area contributed by atoms with Gasteiger partial charge in [-0.25, -0.2) is 5.43 Å². The van der Waals surface area contributed by atoms with Crippen LogP contribution < -0.4 is 10.9 Å². The fourth-order valence-electron chi connectivity index (χ4n) is 0.905. The predicted molar refractivity (Wildman–Crippen MR) is 54.5 cm³/mol. The van der Waals surface area contributed by atoms with Crippen LogP contribution in [-0.4, -0.2) is 17.4 Å². The summed E-state index contributed by atoms with van der Waals surface area (Å²) in [6.45, 7) is 4.90. The van der Waals surface area contributed by atoms with E-state index in [-0.39, 0.29) is 5.91 Å². The fourth-order valence-corrected chi connectivity index (χ4v) is 0.905. The van der Waals surface area contributed by atoms with Crippen molar-refractivity contribution in [2.45, 2.75) is 13.8 Å². The first-order chi connectivity index (χ1) is 6.70. The van der Waals surface area contributed by atoms with E-state index in [1.165, 1.54) is 6.20 Å². The van der Waals surface area contributed by atoms with Crippen LogP contribution in [0.2, 0.25) is 0 Å². The highest BCUT2D eigenvalue weighted by molar-refractivity contribution is 5.93. The Morgan fingerprint density at radius 2 is 2.36 bits per heavy atom. The quantitative estimate of drug-likeness (QED) is 0.701. The summed E-state index contributed by atoms with van der Waals surface area (Å²) in [5, 5.41) is 0. The van der Waals surface area contributed by atoms with Crippen molar-refractivity contribution in [2.75, 3.05) is 6.54 Å². The van der Waals surface area contributed by atoms with Gasteiger partial charge in [-0.05, 0) is 18.1 Å². The number of nitrogens with one attached hydrogen (secondary N) is 2. The van der Waals surface area contributed by atoms with Gasteiger partial charge in [0.15, 0.2) is 0 Å². The first-order valence-electron chi connectivity index (χ1n) is 4.63. The summed E-state index contributed by atoms with van der Waals surface area (Å²) in [4.78, 5) is 15.3. The van der Waals surface area contributed by atoms with Crippen molar-refractivity contribution in [3.63, 3.8) is 0 Å². The van der Waals surface area contributed by atoms with Crippen molar-refractivity contribution in [3.05, 3.63) is 30.1 Å². The fraction of sp³-hybridized carbons (Fsp3) is 0.400. The van der Waals surface area contributed by atoms with Gasteiger partial charge in [-0.2, -0.15) is 0 Å². The molecule has 14 heavy (non-hydrogen) atoms. The van der Waals surface area contributed by atoms with Crippen LogP contribution in [0.15, 0.2) is 24.5 Å². The normalized spacial score (nSPS) is 10.2. The highest BCUT2D eigenvalue weighted by Crippen LogP contribution is 1.94. The molecule has 0 saturated heterocycles. The maximum Gasteiger partial charge on any atom is 0.266 e. The Morgan fingerprint density at radius 1 is 1.57 bits per heavy atom. The molecule has 0 saturated carbocycles. The number of hydrazine groups is 1. The smallest absolute Gasteiger partial charge is 0.266 e. The first kappa shape index (κ1) is 10.7. The third kappa shape index (κ3) is 3.53. The molecule has 0 radical (unpaired) electrons. The molecule has 0 bridgehead atoms. The number of nitrogens with zero attached hydrogens (tertiary/aromatic N) is 1. The zero-order valence-electron chi connectivity index (χ0n) is 8.45. The minimum Gasteiger partial charge on any atom is -0.287 e. The maximum absolute atomic E-state index is 11.4. The summed E-state index contributed by atoms with van der Waals surface area (Å²) in [6.07, 6.45) is 3.17. The summed E-state index contributed by atoms with van der Waals surface area (Å²) in [6, 6.07) is 3.46. The van der Waals surface area contributed by atoms with Crippen molar-refractivity contribution in [1.29, 1.82) is 0 Å².